The van der Waals surface area contributed by atoms with Gasteiger partial charge in [0.2, 0.25) is 0 Å². The number of halogens is 1. The highest BCUT2D eigenvalue weighted by molar-refractivity contribution is 6.31. The van der Waals surface area contributed by atoms with E-state index in [0.717, 1.165) is 16.3 Å². The van der Waals surface area contributed by atoms with Gasteiger partial charge in [0.05, 0.1) is 6.33 Å². The topological polar surface area (TPSA) is 27.1 Å². The molecule has 78 valence electrons. The molecule has 1 heterocycles. The van der Waals surface area contributed by atoms with Crippen LogP contribution in [0.5, 0.6) is 5.75 Å². The predicted octanol–water partition coefficient (Wildman–Crippen LogP) is 2.88. The molecule has 0 aliphatic heterocycles. The molecule has 0 atom stereocenters. The maximum atomic E-state index is 5.91. The Bertz CT molecular complexity index is 440. The molecule has 0 N–H and O–H groups in total. The highest BCUT2D eigenvalue weighted by atomic mass is 35.5. The van der Waals surface area contributed by atoms with Gasteiger partial charge in [-0.25, -0.2) is 4.98 Å². The monoisotopic (exact) mass is 222 g/mol. The SMILES string of the molecule is Cc1cc(OCn2ccnc2)ccc1Cl. The van der Waals surface area contributed by atoms with Crippen LogP contribution in [-0.4, -0.2) is 9.55 Å². The van der Waals surface area contributed by atoms with Gasteiger partial charge in [-0.3, -0.25) is 0 Å². The second-order valence-electron chi connectivity index (χ2n) is 3.26. The maximum absolute atomic E-state index is 5.91. The molecule has 0 amide bonds. The first kappa shape index (κ1) is 10.1. The molecule has 0 radical (unpaired) electrons. The molecule has 0 aliphatic rings. The van der Waals surface area contributed by atoms with Crippen molar-refractivity contribution in [2.45, 2.75) is 13.7 Å². The Balaban J connectivity index is 2.02. The van der Waals surface area contributed by atoms with Crippen molar-refractivity contribution >= 4 is 11.6 Å². The molecule has 1 aromatic heterocycles. The fraction of sp³-hybridized carbons (Fsp3) is 0.182. The van der Waals surface area contributed by atoms with Crippen molar-refractivity contribution < 1.29 is 4.74 Å². The van der Waals surface area contributed by atoms with Gasteiger partial charge in [0, 0.05) is 17.4 Å². The summed E-state index contributed by atoms with van der Waals surface area (Å²) < 4.78 is 7.40. The number of imidazole rings is 1. The molecule has 4 heteroatoms. The van der Waals surface area contributed by atoms with Gasteiger partial charge in [-0.05, 0) is 30.7 Å². The van der Waals surface area contributed by atoms with Gasteiger partial charge < -0.3 is 9.30 Å². The number of nitrogens with zero attached hydrogens (tertiary/aromatic N) is 2. The highest BCUT2D eigenvalue weighted by Crippen LogP contribution is 2.21. The van der Waals surface area contributed by atoms with Crippen molar-refractivity contribution in [1.29, 1.82) is 0 Å². The Morgan fingerprint density at radius 3 is 3.00 bits per heavy atom. The van der Waals surface area contributed by atoms with Gasteiger partial charge in [-0.1, -0.05) is 11.6 Å². The second-order valence-corrected chi connectivity index (χ2v) is 3.67. The van der Waals surface area contributed by atoms with Crippen LogP contribution in [0.4, 0.5) is 0 Å². The van der Waals surface area contributed by atoms with Crippen LogP contribution >= 0.6 is 11.6 Å². The number of hydrogen-bond donors (Lipinski definition) is 0. The molecular formula is C11H11ClN2O. The molecule has 0 unspecified atom stereocenters. The zero-order valence-corrected chi connectivity index (χ0v) is 9.11. The van der Waals surface area contributed by atoms with Gasteiger partial charge in [0.1, 0.15) is 5.75 Å². The van der Waals surface area contributed by atoms with Gasteiger partial charge in [-0.2, -0.15) is 0 Å². The fourth-order valence-electron chi connectivity index (χ4n) is 1.22. The average Bonchev–Trinajstić information content (AvgIpc) is 2.73. The molecular weight excluding hydrogens is 212 g/mol. The first-order valence-corrected chi connectivity index (χ1v) is 4.98. The van der Waals surface area contributed by atoms with Crippen LogP contribution < -0.4 is 4.74 Å². The normalized spacial score (nSPS) is 10.3. The van der Waals surface area contributed by atoms with Crippen LogP contribution in [-0.2, 0) is 6.73 Å². The summed E-state index contributed by atoms with van der Waals surface area (Å²) in [7, 11) is 0. The van der Waals surface area contributed by atoms with Crippen LogP contribution in [0.25, 0.3) is 0 Å². The molecule has 15 heavy (non-hydrogen) atoms. The third kappa shape index (κ3) is 2.50. The van der Waals surface area contributed by atoms with Gasteiger partial charge in [0.25, 0.3) is 0 Å². The predicted molar refractivity (Wildman–Crippen MR) is 59.0 cm³/mol. The van der Waals surface area contributed by atoms with E-state index >= 15 is 0 Å². The summed E-state index contributed by atoms with van der Waals surface area (Å²) in [6.07, 6.45) is 5.28. The van der Waals surface area contributed by atoms with Gasteiger partial charge >= 0.3 is 0 Å². The summed E-state index contributed by atoms with van der Waals surface area (Å²) in [4.78, 5) is 3.93. The quantitative estimate of drug-likeness (QED) is 0.799. The van der Waals surface area contributed by atoms with Crippen molar-refractivity contribution in [3.8, 4) is 5.75 Å². The lowest BCUT2D eigenvalue weighted by molar-refractivity contribution is 0.236. The summed E-state index contributed by atoms with van der Waals surface area (Å²) in [5, 5.41) is 0.755. The van der Waals surface area contributed by atoms with E-state index in [4.69, 9.17) is 16.3 Å². The molecule has 0 bridgehead atoms. The number of hydrogen-bond acceptors (Lipinski definition) is 2. The lowest BCUT2D eigenvalue weighted by atomic mass is 10.2. The van der Waals surface area contributed by atoms with E-state index in [1.54, 1.807) is 12.5 Å². The van der Waals surface area contributed by atoms with Crippen LogP contribution in [0.3, 0.4) is 0 Å². The molecule has 0 spiro atoms. The minimum Gasteiger partial charge on any atom is -0.473 e. The van der Waals surface area contributed by atoms with E-state index in [1.807, 2.05) is 35.9 Å². The third-order valence-electron chi connectivity index (χ3n) is 2.07. The molecule has 3 nitrogen and oxygen atoms in total. The van der Waals surface area contributed by atoms with E-state index in [0.29, 0.717) is 6.73 Å². The minimum atomic E-state index is 0.459. The summed E-state index contributed by atoms with van der Waals surface area (Å²) in [6, 6.07) is 5.60. The first-order chi connectivity index (χ1) is 7.25. The van der Waals surface area contributed by atoms with Crippen molar-refractivity contribution in [2.75, 3.05) is 0 Å². The molecule has 2 rings (SSSR count). The first-order valence-electron chi connectivity index (χ1n) is 4.60. The number of rotatable bonds is 3. The Labute approximate surface area is 93.3 Å². The summed E-state index contributed by atoms with van der Waals surface area (Å²) in [5.41, 5.74) is 1.01. The highest BCUT2D eigenvalue weighted by Gasteiger charge is 1.98. The number of ether oxygens (including phenoxy) is 1. The molecule has 2 aromatic rings. The smallest absolute Gasteiger partial charge is 0.165 e. The van der Waals surface area contributed by atoms with E-state index in [1.165, 1.54) is 0 Å². The molecule has 0 saturated heterocycles. The molecule has 1 aromatic carbocycles. The lowest BCUT2D eigenvalue weighted by Crippen LogP contribution is -2.02. The van der Waals surface area contributed by atoms with Gasteiger partial charge in [-0.15, -0.1) is 0 Å². The summed E-state index contributed by atoms with van der Waals surface area (Å²) in [5.74, 6) is 0.811. The molecule has 0 saturated carbocycles. The number of benzene rings is 1. The van der Waals surface area contributed by atoms with Crippen LogP contribution in [0.15, 0.2) is 36.9 Å². The Kier molecular flexibility index (Phi) is 2.92. The third-order valence-corrected chi connectivity index (χ3v) is 2.49. The standard InChI is InChI=1S/C11H11ClN2O/c1-9-6-10(2-3-11(9)12)15-8-14-5-4-13-7-14/h2-7H,8H2,1H3. The Hall–Kier alpha value is -1.48. The Morgan fingerprint density at radius 1 is 1.47 bits per heavy atom. The average molecular weight is 223 g/mol. The fourth-order valence-corrected chi connectivity index (χ4v) is 1.34. The van der Waals surface area contributed by atoms with Crippen LogP contribution in [0, 0.1) is 6.92 Å². The van der Waals surface area contributed by atoms with Crippen molar-refractivity contribution in [1.82, 2.24) is 9.55 Å². The maximum Gasteiger partial charge on any atom is 0.165 e. The molecule has 0 aliphatic carbocycles. The minimum absolute atomic E-state index is 0.459. The van der Waals surface area contributed by atoms with Crippen molar-refractivity contribution in [2.24, 2.45) is 0 Å². The summed E-state index contributed by atoms with van der Waals surface area (Å²) in [6.45, 7) is 2.41. The number of aryl methyl sites for hydroxylation is 1. The van der Waals surface area contributed by atoms with Gasteiger partial charge in [0.15, 0.2) is 6.73 Å². The number of aromatic nitrogens is 2. The van der Waals surface area contributed by atoms with Crippen molar-refractivity contribution in [3.05, 3.63) is 47.5 Å². The van der Waals surface area contributed by atoms with E-state index in [2.05, 4.69) is 4.98 Å². The molecule has 0 fully saturated rings. The Morgan fingerprint density at radius 2 is 2.33 bits per heavy atom. The summed E-state index contributed by atoms with van der Waals surface area (Å²) >= 11 is 5.91. The van der Waals surface area contributed by atoms with Crippen LogP contribution in [0.2, 0.25) is 5.02 Å². The van der Waals surface area contributed by atoms with Crippen LogP contribution in [0.1, 0.15) is 5.56 Å². The zero-order valence-electron chi connectivity index (χ0n) is 8.35. The second kappa shape index (κ2) is 4.36. The lowest BCUT2D eigenvalue weighted by Gasteiger charge is -2.07. The zero-order chi connectivity index (χ0) is 10.7. The van der Waals surface area contributed by atoms with E-state index in [-0.39, 0.29) is 0 Å². The van der Waals surface area contributed by atoms with E-state index in [9.17, 15) is 0 Å². The van der Waals surface area contributed by atoms with E-state index < -0.39 is 0 Å². The van der Waals surface area contributed by atoms with Crippen molar-refractivity contribution in [3.63, 3.8) is 0 Å². The largest absolute Gasteiger partial charge is 0.473 e.